The van der Waals surface area contributed by atoms with E-state index in [2.05, 4.69) is 20.9 Å². The van der Waals surface area contributed by atoms with E-state index < -0.39 is 0 Å². The predicted octanol–water partition coefficient (Wildman–Crippen LogP) is 3.45. The van der Waals surface area contributed by atoms with Crippen molar-refractivity contribution >= 4 is 28.1 Å². The molecule has 152 valence electrons. The largest absolute Gasteiger partial charge is 0.396 e. The molecular weight excluding hydrogens is 394 g/mol. The minimum Gasteiger partial charge on any atom is -0.396 e. The topological polar surface area (TPSA) is 48.8 Å². The fourth-order valence-electron chi connectivity index (χ4n) is 4.35. The molecule has 0 amide bonds. The Hall–Kier alpha value is -1.18. The molecule has 0 saturated carbocycles. The van der Waals surface area contributed by atoms with Gasteiger partial charge in [0.2, 0.25) is 0 Å². The predicted molar refractivity (Wildman–Crippen MR) is 114 cm³/mol. The van der Waals surface area contributed by atoms with Gasteiger partial charge >= 0.3 is 0 Å². The van der Waals surface area contributed by atoms with Crippen LogP contribution < -0.4 is 4.90 Å². The van der Waals surface area contributed by atoms with E-state index in [1.807, 2.05) is 24.4 Å². The lowest BCUT2D eigenvalue weighted by molar-refractivity contribution is 0.0292. The van der Waals surface area contributed by atoms with Crippen LogP contribution in [0.15, 0.2) is 30.5 Å². The number of hydrogen-bond acceptors (Lipinski definition) is 6. The van der Waals surface area contributed by atoms with Crippen molar-refractivity contribution in [2.24, 2.45) is 5.41 Å². The lowest BCUT2D eigenvalue weighted by Gasteiger charge is -2.42. The van der Waals surface area contributed by atoms with Gasteiger partial charge in [0, 0.05) is 47.7 Å². The average Bonchev–Trinajstić information content (AvgIpc) is 3.17. The van der Waals surface area contributed by atoms with Gasteiger partial charge in [-0.15, -0.1) is 11.3 Å². The van der Waals surface area contributed by atoms with E-state index in [-0.39, 0.29) is 12.0 Å². The van der Waals surface area contributed by atoms with Gasteiger partial charge in [0.15, 0.2) is 5.13 Å². The Balaban J connectivity index is 1.40. The van der Waals surface area contributed by atoms with Gasteiger partial charge in [0.25, 0.3) is 0 Å². The summed E-state index contributed by atoms with van der Waals surface area (Å²) in [5.41, 5.74) is 1.11. The number of aromatic nitrogens is 1. The van der Waals surface area contributed by atoms with Crippen LogP contribution in [0, 0.1) is 5.41 Å². The normalized spacial score (nSPS) is 23.9. The molecule has 0 spiro atoms. The number of anilines is 1. The summed E-state index contributed by atoms with van der Waals surface area (Å²) in [6.07, 6.45) is 5.04. The molecule has 0 radical (unpaired) electrons. The molecule has 0 bridgehead atoms. The van der Waals surface area contributed by atoms with Crippen molar-refractivity contribution in [1.29, 1.82) is 0 Å². The van der Waals surface area contributed by atoms with E-state index >= 15 is 0 Å². The van der Waals surface area contributed by atoms with Crippen molar-refractivity contribution < 1.29 is 9.84 Å². The van der Waals surface area contributed by atoms with E-state index in [9.17, 15) is 5.11 Å². The first kappa shape index (κ1) is 20.1. The summed E-state index contributed by atoms with van der Waals surface area (Å²) >= 11 is 7.95. The Labute approximate surface area is 175 Å². The molecule has 7 heteroatoms. The zero-order valence-electron chi connectivity index (χ0n) is 16.1. The van der Waals surface area contributed by atoms with Crippen LogP contribution in [0.2, 0.25) is 5.02 Å². The van der Waals surface area contributed by atoms with E-state index in [1.54, 1.807) is 11.3 Å². The second-order valence-electron chi connectivity index (χ2n) is 7.99. The number of piperidine rings is 1. The van der Waals surface area contributed by atoms with Crippen LogP contribution >= 0.6 is 22.9 Å². The molecule has 0 aliphatic carbocycles. The molecular formula is C21H28ClN3O2S. The number of thiazole rings is 1. The zero-order valence-corrected chi connectivity index (χ0v) is 17.7. The Morgan fingerprint density at radius 3 is 2.89 bits per heavy atom. The fraction of sp³-hybridized carbons (Fsp3) is 0.571. The number of benzene rings is 1. The smallest absolute Gasteiger partial charge is 0.185 e. The second kappa shape index (κ2) is 9.09. The molecule has 3 heterocycles. The Bertz CT molecular complexity index is 781. The molecule has 4 rings (SSSR count). The summed E-state index contributed by atoms with van der Waals surface area (Å²) in [6, 6.07) is 8.03. The number of aliphatic hydroxyl groups excluding tert-OH is 1. The molecule has 1 atom stereocenters. The highest BCUT2D eigenvalue weighted by atomic mass is 35.5. The third kappa shape index (κ3) is 4.86. The summed E-state index contributed by atoms with van der Waals surface area (Å²) in [7, 11) is 0. The van der Waals surface area contributed by atoms with Gasteiger partial charge in [0.05, 0.1) is 19.8 Å². The van der Waals surface area contributed by atoms with Gasteiger partial charge in [-0.05, 0) is 43.5 Å². The van der Waals surface area contributed by atoms with Crippen molar-refractivity contribution in [1.82, 2.24) is 9.88 Å². The maximum atomic E-state index is 10.2. The van der Waals surface area contributed by atoms with Crippen molar-refractivity contribution in [3.63, 3.8) is 0 Å². The van der Waals surface area contributed by atoms with Crippen LogP contribution in [-0.4, -0.2) is 61.0 Å². The van der Waals surface area contributed by atoms with Gasteiger partial charge < -0.3 is 14.7 Å². The summed E-state index contributed by atoms with van der Waals surface area (Å²) in [4.78, 5) is 10.7. The molecule has 2 aromatic rings. The highest BCUT2D eigenvalue weighted by molar-refractivity contribution is 7.15. The molecule has 28 heavy (non-hydrogen) atoms. The van der Waals surface area contributed by atoms with Gasteiger partial charge in [-0.2, -0.15) is 0 Å². The number of rotatable bonds is 6. The molecule has 1 aromatic heterocycles. The fourth-order valence-corrected chi connectivity index (χ4v) is 5.56. The molecule has 2 aliphatic heterocycles. The lowest BCUT2D eigenvalue weighted by atomic mass is 9.75. The summed E-state index contributed by atoms with van der Waals surface area (Å²) in [5.74, 6) is 0. The third-order valence-electron chi connectivity index (χ3n) is 5.75. The quantitative estimate of drug-likeness (QED) is 0.774. The average molecular weight is 422 g/mol. The number of ether oxygens (including phenoxy) is 1. The van der Waals surface area contributed by atoms with Crippen molar-refractivity contribution in [2.75, 3.05) is 50.9 Å². The molecule has 5 nitrogen and oxygen atoms in total. The molecule has 2 saturated heterocycles. The molecule has 2 fully saturated rings. The van der Waals surface area contributed by atoms with Gasteiger partial charge in [-0.25, -0.2) is 4.98 Å². The first-order chi connectivity index (χ1) is 13.7. The number of hydrogen-bond donors (Lipinski definition) is 1. The maximum absolute atomic E-state index is 10.2. The number of nitrogens with zero attached hydrogens (tertiary/aromatic N) is 3. The Morgan fingerprint density at radius 1 is 1.25 bits per heavy atom. The third-order valence-corrected chi connectivity index (χ3v) is 7.02. The van der Waals surface area contributed by atoms with Gasteiger partial charge in [0.1, 0.15) is 0 Å². The highest BCUT2D eigenvalue weighted by Gasteiger charge is 2.35. The molecule has 1 aromatic carbocycles. The van der Waals surface area contributed by atoms with Crippen LogP contribution in [0.3, 0.4) is 0 Å². The van der Waals surface area contributed by atoms with E-state index in [0.717, 1.165) is 75.4 Å². The monoisotopic (exact) mass is 421 g/mol. The molecule has 1 unspecified atom stereocenters. The number of aliphatic hydroxyl groups is 1. The van der Waals surface area contributed by atoms with Gasteiger partial charge in [-0.1, -0.05) is 23.7 Å². The second-order valence-corrected chi connectivity index (χ2v) is 9.52. The Kier molecular flexibility index (Phi) is 6.53. The van der Waals surface area contributed by atoms with Gasteiger partial charge in [-0.3, -0.25) is 4.90 Å². The van der Waals surface area contributed by atoms with E-state index in [4.69, 9.17) is 16.3 Å². The summed E-state index contributed by atoms with van der Waals surface area (Å²) in [5, 5.41) is 12.1. The van der Waals surface area contributed by atoms with Crippen LogP contribution in [-0.2, 0) is 17.7 Å². The SMILES string of the molecule is OCC1(Cc2cccc(Cl)c2)CCCN(Cc2cnc(N3CCOCC3)s2)C1. The highest BCUT2D eigenvalue weighted by Crippen LogP contribution is 2.35. The van der Waals surface area contributed by atoms with Crippen LogP contribution in [0.4, 0.5) is 5.13 Å². The van der Waals surface area contributed by atoms with Crippen LogP contribution in [0.25, 0.3) is 0 Å². The first-order valence-electron chi connectivity index (χ1n) is 10.0. The Morgan fingerprint density at radius 2 is 2.11 bits per heavy atom. The van der Waals surface area contributed by atoms with Crippen LogP contribution in [0.1, 0.15) is 23.3 Å². The summed E-state index contributed by atoms with van der Waals surface area (Å²) in [6.45, 7) is 6.49. The van der Waals surface area contributed by atoms with E-state index in [0.29, 0.717) is 0 Å². The van der Waals surface area contributed by atoms with E-state index in [1.165, 1.54) is 10.4 Å². The standard InChI is InChI=1S/C21H28ClN3O2S/c22-18-4-1-3-17(11-18)12-21(16-26)5-2-6-24(15-21)14-19-13-23-20(28-19)25-7-9-27-10-8-25/h1,3-4,11,13,26H,2,5-10,12,14-16H2. The summed E-state index contributed by atoms with van der Waals surface area (Å²) < 4.78 is 5.44. The minimum absolute atomic E-state index is 0.0966. The minimum atomic E-state index is -0.0966. The number of halogens is 1. The number of morpholine rings is 1. The number of likely N-dealkylation sites (tertiary alicyclic amines) is 1. The van der Waals surface area contributed by atoms with Crippen molar-refractivity contribution in [3.8, 4) is 0 Å². The molecule has 2 aliphatic rings. The van der Waals surface area contributed by atoms with Crippen molar-refractivity contribution in [2.45, 2.75) is 25.8 Å². The van der Waals surface area contributed by atoms with Crippen molar-refractivity contribution in [3.05, 3.63) is 45.9 Å². The van der Waals surface area contributed by atoms with Crippen LogP contribution in [0.5, 0.6) is 0 Å². The maximum Gasteiger partial charge on any atom is 0.185 e. The lowest BCUT2D eigenvalue weighted by Crippen LogP contribution is -2.46. The molecule has 1 N–H and O–H groups in total. The zero-order chi connectivity index (χ0) is 19.4. The first-order valence-corrected chi connectivity index (χ1v) is 11.2.